The summed E-state index contributed by atoms with van der Waals surface area (Å²) in [6, 6.07) is 1.37. The molecule has 16 heavy (non-hydrogen) atoms. The fourth-order valence-corrected chi connectivity index (χ4v) is 1.65. The van der Waals surface area contributed by atoms with Crippen LogP contribution in [0.1, 0.15) is 41.9 Å². The second-order valence-corrected chi connectivity index (χ2v) is 3.80. The van der Waals surface area contributed by atoms with Crippen molar-refractivity contribution in [1.82, 2.24) is 5.16 Å². The van der Waals surface area contributed by atoms with E-state index in [4.69, 9.17) is 9.26 Å². The van der Waals surface area contributed by atoms with Crippen molar-refractivity contribution in [1.29, 1.82) is 0 Å². The Labute approximate surface area is 90.6 Å². The van der Waals surface area contributed by atoms with Gasteiger partial charge in [-0.1, -0.05) is 5.16 Å². The standard InChI is InChI=1S/C10H11F2NO3/c1-2-15-9(14)8-3-7(13-16-8)6-4-10(11,12)5-6/h3,6H,2,4-5H2,1H3. The third kappa shape index (κ3) is 2.05. The minimum absolute atomic E-state index is 0.0351. The number of carbonyl (C=O) groups excluding carboxylic acids is 1. The summed E-state index contributed by atoms with van der Waals surface area (Å²) in [6.07, 6.45) is -0.469. The molecular formula is C10H11F2NO3. The highest BCUT2D eigenvalue weighted by molar-refractivity contribution is 5.86. The van der Waals surface area contributed by atoms with Crippen molar-refractivity contribution in [2.75, 3.05) is 6.61 Å². The van der Waals surface area contributed by atoms with Crippen LogP contribution in [0.25, 0.3) is 0 Å². The van der Waals surface area contributed by atoms with Gasteiger partial charge in [-0.3, -0.25) is 0 Å². The molecule has 2 rings (SSSR count). The molecule has 0 unspecified atom stereocenters. The van der Waals surface area contributed by atoms with Crippen LogP contribution in [0.4, 0.5) is 8.78 Å². The molecule has 0 atom stereocenters. The number of hydrogen-bond acceptors (Lipinski definition) is 4. The first kappa shape index (κ1) is 11.0. The maximum Gasteiger partial charge on any atom is 0.377 e. The number of hydrogen-bond donors (Lipinski definition) is 0. The number of carbonyl (C=O) groups is 1. The number of esters is 1. The zero-order chi connectivity index (χ0) is 11.8. The van der Waals surface area contributed by atoms with E-state index in [9.17, 15) is 13.6 Å². The second-order valence-electron chi connectivity index (χ2n) is 3.80. The SMILES string of the molecule is CCOC(=O)c1cc(C2CC(F)(F)C2)no1. The largest absolute Gasteiger partial charge is 0.460 e. The molecule has 0 radical (unpaired) electrons. The quantitative estimate of drug-likeness (QED) is 0.749. The van der Waals surface area contributed by atoms with Crippen molar-refractivity contribution in [3.63, 3.8) is 0 Å². The Kier molecular flexibility index (Phi) is 2.65. The molecule has 0 spiro atoms. The summed E-state index contributed by atoms with van der Waals surface area (Å²) >= 11 is 0. The Bertz CT molecular complexity index is 395. The number of alkyl halides is 2. The van der Waals surface area contributed by atoms with Crippen molar-refractivity contribution >= 4 is 5.97 Å². The summed E-state index contributed by atoms with van der Waals surface area (Å²) < 4.78 is 34.6. The number of halogens is 2. The highest BCUT2D eigenvalue weighted by atomic mass is 19.3. The molecular weight excluding hydrogens is 220 g/mol. The average molecular weight is 231 g/mol. The van der Waals surface area contributed by atoms with E-state index in [-0.39, 0.29) is 31.1 Å². The normalized spacial score (nSPS) is 19.2. The average Bonchev–Trinajstić information content (AvgIpc) is 2.62. The summed E-state index contributed by atoms with van der Waals surface area (Å²) in [5.41, 5.74) is 0.397. The lowest BCUT2D eigenvalue weighted by atomic mass is 9.79. The van der Waals surface area contributed by atoms with E-state index in [0.29, 0.717) is 5.69 Å². The summed E-state index contributed by atoms with van der Waals surface area (Å²) in [5, 5.41) is 3.60. The van der Waals surface area contributed by atoms with Gasteiger partial charge in [0.25, 0.3) is 0 Å². The van der Waals surface area contributed by atoms with Crippen molar-refractivity contribution in [3.8, 4) is 0 Å². The first-order valence-corrected chi connectivity index (χ1v) is 5.03. The Morgan fingerprint density at radius 3 is 2.94 bits per heavy atom. The zero-order valence-corrected chi connectivity index (χ0v) is 8.70. The summed E-state index contributed by atoms with van der Waals surface area (Å²) in [5.74, 6) is -3.57. The molecule has 6 heteroatoms. The van der Waals surface area contributed by atoms with E-state index in [0.717, 1.165) is 0 Å². The highest BCUT2D eigenvalue weighted by Gasteiger charge is 2.47. The smallest absolute Gasteiger partial charge is 0.377 e. The van der Waals surface area contributed by atoms with Crippen LogP contribution in [0.3, 0.4) is 0 Å². The monoisotopic (exact) mass is 231 g/mol. The molecule has 0 saturated heterocycles. The van der Waals surface area contributed by atoms with Crippen LogP contribution in [-0.4, -0.2) is 23.7 Å². The molecule has 1 aliphatic rings. The van der Waals surface area contributed by atoms with Crippen LogP contribution < -0.4 is 0 Å². The molecule has 0 bridgehead atoms. The van der Waals surface area contributed by atoms with Crippen molar-refractivity contribution < 1.29 is 22.8 Å². The van der Waals surface area contributed by atoms with Gasteiger partial charge in [0.05, 0.1) is 12.3 Å². The molecule has 1 aliphatic carbocycles. The van der Waals surface area contributed by atoms with Gasteiger partial charge >= 0.3 is 5.97 Å². The van der Waals surface area contributed by atoms with Crippen molar-refractivity contribution in [3.05, 3.63) is 17.5 Å². The molecule has 1 saturated carbocycles. The lowest BCUT2D eigenvalue weighted by Gasteiger charge is -2.33. The van der Waals surface area contributed by atoms with E-state index < -0.39 is 11.9 Å². The predicted octanol–water partition coefficient (Wildman–Crippen LogP) is 2.36. The fourth-order valence-electron chi connectivity index (χ4n) is 1.65. The minimum Gasteiger partial charge on any atom is -0.460 e. The Morgan fingerprint density at radius 2 is 2.38 bits per heavy atom. The third-order valence-corrected chi connectivity index (χ3v) is 2.51. The van der Waals surface area contributed by atoms with E-state index in [2.05, 4.69) is 5.16 Å². The molecule has 1 aromatic heterocycles. The predicted molar refractivity (Wildman–Crippen MR) is 49.4 cm³/mol. The second kappa shape index (κ2) is 3.84. The van der Waals surface area contributed by atoms with Gasteiger partial charge < -0.3 is 9.26 Å². The molecule has 0 N–H and O–H groups in total. The van der Waals surface area contributed by atoms with Crippen LogP contribution in [0.5, 0.6) is 0 Å². The zero-order valence-electron chi connectivity index (χ0n) is 8.70. The van der Waals surface area contributed by atoms with E-state index in [1.807, 2.05) is 0 Å². The van der Waals surface area contributed by atoms with Crippen LogP contribution in [0.2, 0.25) is 0 Å². The van der Waals surface area contributed by atoms with Gasteiger partial charge in [0.1, 0.15) is 0 Å². The number of rotatable bonds is 3. The van der Waals surface area contributed by atoms with E-state index >= 15 is 0 Å². The number of aromatic nitrogens is 1. The topological polar surface area (TPSA) is 52.3 Å². The summed E-state index contributed by atoms with van der Waals surface area (Å²) in [7, 11) is 0. The summed E-state index contributed by atoms with van der Waals surface area (Å²) in [4.78, 5) is 11.2. The Balaban J connectivity index is 2.01. The van der Waals surface area contributed by atoms with Crippen LogP contribution in [-0.2, 0) is 4.74 Å². The molecule has 0 amide bonds. The molecule has 0 aromatic carbocycles. The lowest BCUT2D eigenvalue weighted by molar-refractivity contribution is -0.0880. The van der Waals surface area contributed by atoms with Gasteiger partial charge in [-0.15, -0.1) is 0 Å². The molecule has 1 heterocycles. The minimum atomic E-state index is -2.60. The molecule has 0 aliphatic heterocycles. The van der Waals surface area contributed by atoms with Gasteiger partial charge in [0.15, 0.2) is 0 Å². The van der Waals surface area contributed by atoms with Gasteiger partial charge in [0, 0.05) is 24.8 Å². The third-order valence-electron chi connectivity index (χ3n) is 2.51. The molecule has 1 aromatic rings. The van der Waals surface area contributed by atoms with Crippen LogP contribution in [0.15, 0.2) is 10.6 Å². The maximum atomic E-state index is 12.6. The molecule has 4 nitrogen and oxygen atoms in total. The Hall–Kier alpha value is -1.46. The lowest BCUT2D eigenvalue weighted by Crippen LogP contribution is -2.33. The van der Waals surface area contributed by atoms with Crippen molar-refractivity contribution in [2.24, 2.45) is 0 Å². The Morgan fingerprint density at radius 1 is 1.69 bits per heavy atom. The van der Waals surface area contributed by atoms with Gasteiger partial charge in [-0.05, 0) is 6.92 Å². The molecule has 88 valence electrons. The van der Waals surface area contributed by atoms with Crippen molar-refractivity contribution in [2.45, 2.75) is 31.6 Å². The maximum absolute atomic E-state index is 12.6. The van der Waals surface area contributed by atoms with Gasteiger partial charge in [-0.2, -0.15) is 0 Å². The van der Waals surface area contributed by atoms with Crippen LogP contribution in [0, 0.1) is 0 Å². The van der Waals surface area contributed by atoms with Crippen LogP contribution >= 0.6 is 0 Å². The van der Waals surface area contributed by atoms with Gasteiger partial charge in [-0.25, -0.2) is 13.6 Å². The first-order chi connectivity index (χ1) is 7.52. The highest BCUT2D eigenvalue weighted by Crippen LogP contribution is 2.47. The number of ether oxygens (including phenoxy) is 1. The number of nitrogens with zero attached hydrogens (tertiary/aromatic N) is 1. The van der Waals surface area contributed by atoms with E-state index in [1.165, 1.54) is 6.07 Å². The fraction of sp³-hybridized carbons (Fsp3) is 0.600. The molecule has 1 fully saturated rings. The summed E-state index contributed by atoms with van der Waals surface area (Å²) in [6.45, 7) is 1.90. The first-order valence-electron chi connectivity index (χ1n) is 5.03. The van der Waals surface area contributed by atoms with E-state index in [1.54, 1.807) is 6.92 Å². The van der Waals surface area contributed by atoms with Gasteiger partial charge in [0.2, 0.25) is 11.7 Å².